The summed E-state index contributed by atoms with van der Waals surface area (Å²) in [4.78, 5) is -0.210. The van der Waals surface area contributed by atoms with Gasteiger partial charge in [-0.1, -0.05) is 32.9 Å². The Labute approximate surface area is 158 Å². The molecule has 0 N–H and O–H groups in total. The highest BCUT2D eigenvalue weighted by molar-refractivity contribution is 8.04. The van der Waals surface area contributed by atoms with Crippen LogP contribution in [-0.2, 0) is 19.2 Å². The second-order valence-electron chi connectivity index (χ2n) is 6.54. The van der Waals surface area contributed by atoms with Gasteiger partial charge in [-0.15, -0.1) is 0 Å². The fraction of sp³-hybridized carbons (Fsp3) is 0.571. The van der Waals surface area contributed by atoms with Crippen LogP contribution in [0.3, 0.4) is 0 Å². The molecule has 3 nitrogen and oxygen atoms in total. The van der Waals surface area contributed by atoms with Crippen LogP contribution in [0.5, 0.6) is 0 Å². The van der Waals surface area contributed by atoms with E-state index >= 15 is 0 Å². The van der Waals surface area contributed by atoms with Crippen LogP contribution in [0.1, 0.15) is 26.3 Å². The summed E-state index contributed by atoms with van der Waals surface area (Å²) in [6.45, 7) is 5.42. The van der Waals surface area contributed by atoms with E-state index in [1.54, 1.807) is 20.8 Å². The van der Waals surface area contributed by atoms with E-state index in [9.17, 15) is 47.9 Å². The normalized spacial score (nSPS) is 15.0. The molecule has 1 aromatic rings. The van der Waals surface area contributed by atoms with Crippen LogP contribution >= 0.6 is 12.0 Å². The molecule has 0 spiro atoms. The fourth-order valence-corrected chi connectivity index (χ4v) is 3.36. The van der Waals surface area contributed by atoms with E-state index in [1.165, 1.54) is 12.1 Å². The summed E-state index contributed by atoms with van der Waals surface area (Å²) in [5.74, 6) is -14.7. The summed E-state index contributed by atoms with van der Waals surface area (Å²) in [6, 6.07) is 5.15. The van der Waals surface area contributed by atoms with Crippen molar-refractivity contribution in [3.8, 4) is 0 Å². The number of halogens is 9. The van der Waals surface area contributed by atoms with E-state index in [-0.39, 0.29) is 10.3 Å². The number of hydrogen-bond donors (Lipinski definition) is 0. The highest BCUT2D eigenvalue weighted by atomic mass is 32.3. The molecule has 0 aromatic heterocycles. The summed E-state index contributed by atoms with van der Waals surface area (Å²) >= 11 is -0.420. The fourth-order valence-electron chi connectivity index (χ4n) is 1.66. The van der Waals surface area contributed by atoms with E-state index in [4.69, 9.17) is 0 Å². The molecule has 0 fully saturated rings. The summed E-state index contributed by atoms with van der Waals surface area (Å²) in [5, 5.41) is -6.88. The largest absolute Gasteiger partial charge is 0.460 e. The number of hydrogen-bond acceptors (Lipinski definition) is 4. The van der Waals surface area contributed by atoms with Crippen molar-refractivity contribution in [1.29, 1.82) is 0 Å². The highest BCUT2D eigenvalue weighted by Crippen LogP contribution is 2.55. The summed E-state index contributed by atoms with van der Waals surface area (Å²) in [6.07, 6.45) is -7.13. The van der Waals surface area contributed by atoms with E-state index in [2.05, 4.69) is 3.63 Å². The lowest BCUT2D eigenvalue weighted by Gasteiger charge is -2.32. The van der Waals surface area contributed by atoms with Crippen molar-refractivity contribution in [1.82, 2.24) is 0 Å². The third-order valence-electron chi connectivity index (χ3n) is 3.37. The Bertz CT molecular complexity index is 795. The average molecular weight is 464 g/mol. The van der Waals surface area contributed by atoms with Gasteiger partial charge in [0.1, 0.15) is 0 Å². The second kappa shape index (κ2) is 7.27. The first-order valence-electron chi connectivity index (χ1n) is 7.10. The first-order chi connectivity index (χ1) is 12.2. The van der Waals surface area contributed by atoms with Crippen LogP contribution in [0, 0.1) is 0 Å². The Morgan fingerprint density at radius 2 is 1.21 bits per heavy atom. The van der Waals surface area contributed by atoms with E-state index < -0.39 is 45.4 Å². The minimum atomic E-state index is -7.33. The molecule has 0 saturated carbocycles. The smallest absolute Gasteiger partial charge is 0.192 e. The molecule has 1 rings (SSSR count). The van der Waals surface area contributed by atoms with Crippen molar-refractivity contribution in [3.63, 3.8) is 0 Å². The minimum Gasteiger partial charge on any atom is -0.192 e. The monoisotopic (exact) mass is 464 g/mol. The van der Waals surface area contributed by atoms with Crippen LogP contribution in [0.4, 0.5) is 39.5 Å². The van der Waals surface area contributed by atoms with Crippen molar-refractivity contribution in [3.05, 3.63) is 29.8 Å². The van der Waals surface area contributed by atoms with Crippen LogP contribution in [0.15, 0.2) is 29.2 Å². The van der Waals surface area contributed by atoms with Crippen LogP contribution in [0.2, 0.25) is 0 Å². The first-order valence-corrected chi connectivity index (χ1v) is 9.25. The van der Waals surface area contributed by atoms with E-state index in [1.807, 2.05) is 0 Å². The molecule has 0 amide bonds. The van der Waals surface area contributed by atoms with Crippen molar-refractivity contribution < 1.29 is 51.6 Å². The average Bonchev–Trinajstić information content (AvgIpc) is 2.51. The molecular weight excluding hydrogens is 451 g/mol. The molecule has 0 unspecified atom stereocenters. The van der Waals surface area contributed by atoms with Gasteiger partial charge in [-0.2, -0.15) is 51.6 Å². The zero-order valence-electron chi connectivity index (χ0n) is 14.3. The van der Waals surface area contributed by atoms with Gasteiger partial charge in [0.05, 0.1) is 0 Å². The van der Waals surface area contributed by atoms with Crippen molar-refractivity contribution in [2.24, 2.45) is 0 Å². The predicted octanol–water partition coefficient (Wildman–Crippen LogP) is 5.76. The number of benzene rings is 1. The Morgan fingerprint density at radius 3 is 1.57 bits per heavy atom. The van der Waals surface area contributed by atoms with Crippen molar-refractivity contribution >= 4 is 22.2 Å². The van der Waals surface area contributed by atoms with Gasteiger partial charge in [-0.25, -0.2) is 0 Å². The van der Waals surface area contributed by atoms with E-state index in [0.717, 1.165) is 12.1 Å². The quantitative estimate of drug-likeness (QED) is 0.397. The Balaban J connectivity index is 3.11. The molecular formula is C14H13F9O3S2. The molecule has 0 aliphatic carbocycles. The molecule has 0 radical (unpaired) electrons. The van der Waals surface area contributed by atoms with Crippen LogP contribution in [-0.4, -0.2) is 31.7 Å². The summed E-state index contributed by atoms with van der Waals surface area (Å²) in [5.41, 5.74) is 0.357. The van der Waals surface area contributed by atoms with Gasteiger partial charge in [0.15, 0.2) is 0 Å². The maximum Gasteiger partial charge on any atom is 0.460 e. The van der Waals surface area contributed by atoms with E-state index in [0.29, 0.717) is 5.56 Å². The summed E-state index contributed by atoms with van der Waals surface area (Å²) in [7, 11) is -6.90. The SMILES string of the molecule is CC(C)(C)c1ccc(SOS(=O)(=O)C(F)(F)C(F)(F)C(F)(F)C(F)(F)F)cc1. The molecule has 162 valence electrons. The van der Waals surface area contributed by atoms with Crippen LogP contribution < -0.4 is 0 Å². The Hall–Kier alpha value is -1.15. The van der Waals surface area contributed by atoms with Crippen molar-refractivity contribution in [2.75, 3.05) is 0 Å². The predicted molar refractivity (Wildman–Crippen MR) is 81.9 cm³/mol. The molecule has 0 heterocycles. The standard InChI is InChI=1S/C14H13F9O3S2/c1-10(2,3)8-4-6-9(7-5-8)27-26-28(24,25)14(22,23)12(17,18)11(15,16)13(19,20)21/h4-7H,1-3H3. The highest BCUT2D eigenvalue weighted by Gasteiger charge is 2.85. The molecule has 14 heteroatoms. The van der Waals surface area contributed by atoms with Gasteiger partial charge in [-0.05, 0) is 23.1 Å². The zero-order valence-corrected chi connectivity index (χ0v) is 15.9. The third-order valence-corrected chi connectivity index (χ3v) is 5.71. The minimum absolute atomic E-state index is 0.210. The van der Waals surface area contributed by atoms with Crippen LogP contribution in [0.25, 0.3) is 0 Å². The maximum absolute atomic E-state index is 13.5. The molecule has 0 saturated heterocycles. The molecule has 28 heavy (non-hydrogen) atoms. The topological polar surface area (TPSA) is 43.4 Å². The maximum atomic E-state index is 13.5. The first kappa shape index (κ1) is 24.9. The van der Waals surface area contributed by atoms with Crippen molar-refractivity contribution in [2.45, 2.75) is 54.4 Å². The number of rotatable bonds is 6. The molecule has 0 aliphatic rings. The molecule has 0 aliphatic heterocycles. The van der Waals surface area contributed by atoms with Gasteiger partial charge in [0.2, 0.25) is 0 Å². The van der Waals surface area contributed by atoms with Gasteiger partial charge in [-0.3, -0.25) is 0 Å². The third kappa shape index (κ3) is 4.37. The second-order valence-corrected chi connectivity index (χ2v) is 9.15. The zero-order chi connectivity index (χ0) is 22.4. The van der Waals surface area contributed by atoms with Gasteiger partial charge in [0, 0.05) is 16.9 Å². The Kier molecular flexibility index (Phi) is 6.46. The Morgan fingerprint density at radius 1 is 0.786 bits per heavy atom. The van der Waals surface area contributed by atoms with Gasteiger partial charge in [0.25, 0.3) is 0 Å². The number of alkyl halides is 9. The van der Waals surface area contributed by atoms with Gasteiger partial charge < -0.3 is 0 Å². The molecule has 0 bridgehead atoms. The molecule has 1 aromatic carbocycles. The van der Waals surface area contributed by atoms with Gasteiger partial charge >= 0.3 is 33.4 Å². The summed E-state index contributed by atoms with van der Waals surface area (Å²) < 4.78 is 141. The lowest BCUT2D eigenvalue weighted by atomic mass is 9.87. The lowest BCUT2D eigenvalue weighted by molar-refractivity contribution is -0.382. The molecule has 0 atom stereocenters. The lowest BCUT2D eigenvalue weighted by Crippen LogP contribution is -2.63.